The minimum Gasteiger partial charge on any atom is -0.494 e. The van der Waals surface area contributed by atoms with E-state index in [0.717, 1.165) is 49.6 Å². The molecule has 0 radical (unpaired) electrons. The van der Waals surface area contributed by atoms with Gasteiger partial charge in [-0.3, -0.25) is 0 Å². The Morgan fingerprint density at radius 2 is 1.60 bits per heavy atom. The topological polar surface area (TPSA) is 21.3 Å². The Hall–Kier alpha value is -1.02. The first-order chi connectivity index (χ1) is 9.54. The standard InChI is InChI=1S/C18H31NO/c1-6-11-20-17-9-7-16(8-10-17)12-19-13-18(14(2)3)15(4)5/h7-10,14-15,18-19H,6,11-13H2,1-5H3. The van der Waals surface area contributed by atoms with E-state index >= 15 is 0 Å². The summed E-state index contributed by atoms with van der Waals surface area (Å²) in [5.74, 6) is 3.17. The average Bonchev–Trinajstić information content (AvgIpc) is 2.41. The second-order valence-electron chi connectivity index (χ2n) is 6.28. The van der Waals surface area contributed by atoms with Crippen LogP contribution in [0.2, 0.25) is 0 Å². The van der Waals surface area contributed by atoms with Crippen molar-refractivity contribution in [1.29, 1.82) is 0 Å². The van der Waals surface area contributed by atoms with Crippen molar-refractivity contribution in [2.75, 3.05) is 13.2 Å². The molecule has 0 saturated carbocycles. The molecule has 0 heterocycles. The second kappa shape index (κ2) is 9.02. The van der Waals surface area contributed by atoms with Crippen LogP contribution in [0.25, 0.3) is 0 Å². The van der Waals surface area contributed by atoms with E-state index < -0.39 is 0 Å². The Labute approximate surface area is 124 Å². The van der Waals surface area contributed by atoms with Crippen molar-refractivity contribution in [3.8, 4) is 5.75 Å². The van der Waals surface area contributed by atoms with Crippen molar-refractivity contribution >= 4 is 0 Å². The fourth-order valence-electron chi connectivity index (χ4n) is 2.55. The molecule has 0 amide bonds. The van der Waals surface area contributed by atoms with Gasteiger partial charge >= 0.3 is 0 Å². The molecule has 2 heteroatoms. The minimum absolute atomic E-state index is 0.729. The monoisotopic (exact) mass is 277 g/mol. The van der Waals surface area contributed by atoms with Crippen LogP contribution in [0, 0.1) is 17.8 Å². The molecule has 1 aromatic rings. The van der Waals surface area contributed by atoms with Gasteiger partial charge in [0, 0.05) is 6.54 Å². The first-order valence-electron chi connectivity index (χ1n) is 7.97. The Bertz CT molecular complexity index is 348. The summed E-state index contributed by atoms with van der Waals surface area (Å²) >= 11 is 0. The SMILES string of the molecule is CCCOc1ccc(CNCC(C(C)C)C(C)C)cc1. The van der Waals surface area contributed by atoms with Gasteiger partial charge in [0.25, 0.3) is 0 Å². The van der Waals surface area contributed by atoms with Crippen molar-refractivity contribution < 1.29 is 4.74 Å². The maximum atomic E-state index is 5.60. The van der Waals surface area contributed by atoms with Crippen LogP contribution < -0.4 is 10.1 Å². The second-order valence-corrected chi connectivity index (χ2v) is 6.28. The van der Waals surface area contributed by atoms with Crippen molar-refractivity contribution in [1.82, 2.24) is 5.32 Å². The van der Waals surface area contributed by atoms with Crippen LogP contribution in [0.4, 0.5) is 0 Å². The third-order valence-corrected chi connectivity index (χ3v) is 3.82. The Balaban J connectivity index is 2.38. The summed E-state index contributed by atoms with van der Waals surface area (Å²) in [5, 5.41) is 3.59. The summed E-state index contributed by atoms with van der Waals surface area (Å²) in [7, 11) is 0. The van der Waals surface area contributed by atoms with Crippen LogP contribution in [0.3, 0.4) is 0 Å². The van der Waals surface area contributed by atoms with E-state index in [0.29, 0.717) is 0 Å². The normalized spacial score (nSPS) is 11.6. The summed E-state index contributed by atoms with van der Waals surface area (Å²) in [5.41, 5.74) is 1.32. The molecule has 0 spiro atoms. The van der Waals surface area contributed by atoms with Crippen LogP contribution in [0.15, 0.2) is 24.3 Å². The van der Waals surface area contributed by atoms with Gasteiger partial charge in [-0.2, -0.15) is 0 Å². The maximum Gasteiger partial charge on any atom is 0.119 e. The lowest BCUT2D eigenvalue weighted by Gasteiger charge is -2.25. The first-order valence-corrected chi connectivity index (χ1v) is 7.97. The molecule has 0 aliphatic heterocycles. The van der Waals surface area contributed by atoms with E-state index in [2.05, 4.69) is 64.2 Å². The van der Waals surface area contributed by atoms with E-state index in [-0.39, 0.29) is 0 Å². The highest BCUT2D eigenvalue weighted by Crippen LogP contribution is 2.19. The number of rotatable bonds is 9. The summed E-state index contributed by atoms with van der Waals surface area (Å²) < 4.78 is 5.60. The summed E-state index contributed by atoms with van der Waals surface area (Å²) in [4.78, 5) is 0. The van der Waals surface area contributed by atoms with Crippen molar-refractivity contribution in [2.45, 2.75) is 47.6 Å². The predicted octanol–water partition coefficient (Wildman–Crippen LogP) is 4.49. The van der Waals surface area contributed by atoms with E-state index in [1.807, 2.05) is 0 Å². The fourth-order valence-corrected chi connectivity index (χ4v) is 2.55. The van der Waals surface area contributed by atoms with Crippen molar-refractivity contribution in [3.63, 3.8) is 0 Å². The van der Waals surface area contributed by atoms with Crippen LogP contribution in [-0.4, -0.2) is 13.2 Å². The summed E-state index contributed by atoms with van der Waals surface area (Å²) in [6.45, 7) is 14.2. The van der Waals surface area contributed by atoms with Crippen molar-refractivity contribution in [2.24, 2.45) is 17.8 Å². The Morgan fingerprint density at radius 1 is 1.00 bits per heavy atom. The van der Waals surface area contributed by atoms with Crippen molar-refractivity contribution in [3.05, 3.63) is 29.8 Å². The quantitative estimate of drug-likeness (QED) is 0.718. The molecule has 0 unspecified atom stereocenters. The van der Waals surface area contributed by atoms with E-state index in [9.17, 15) is 0 Å². The zero-order valence-electron chi connectivity index (χ0n) is 13.8. The number of benzene rings is 1. The van der Waals surface area contributed by atoms with E-state index in [1.54, 1.807) is 0 Å². The first kappa shape index (κ1) is 17.0. The third-order valence-electron chi connectivity index (χ3n) is 3.82. The molecule has 0 atom stereocenters. The molecule has 0 saturated heterocycles. The molecule has 20 heavy (non-hydrogen) atoms. The zero-order valence-corrected chi connectivity index (χ0v) is 13.8. The van der Waals surface area contributed by atoms with Gasteiger partial charge in [0.15, 0.2) is 0 Å². The number of nitrogens with one attached hydrogen (secondary N) is 1. The molecule has 0 aromatic heterocycles. The maximum absolute atomic E-state index is 5.60. The largest absolute Gasteiger partial charge is 0.494 e. The fraction of sp³-hybridized carbons (Fsp3) is 0.667. The molecule has 0 aliphatic carbocycles. The van der Waals surface area contributed by atoms with Gasteiger partial charge in [-0.15, -0.1) is 0 Å². The van der Waals surface area contributed by atoms with Crippen LogP contribution in [0.1, 0.15) is 46.6 Å². The molecule has 1 N–H and O–H groups in total. The Kier molecular flexibility index (Phi) is 7.68. The van der Waals surface area contributed by atoms with Gasteiger partial charge in [0.1, 0.15) is 5.75 Å². The predicted molar refractivity (Wildman–Crippen MR) is 87.1 cm³/mol. The highest BCUT2D eigenvalue weighted by atomic mass is 16.5. The number of hydrogen-bond donors (Lipinski definition) is 1. The van der Waals surface area contributed by atoms with Gasteiger partial charge in [0.2, 0.25) is 0 Å². The van der Waals surface area contributed by atoms with Gasteiger partial charge < -0.3 is 10.1 Å². The number of ether oxygens (including phenoxy) is 1. The molecule has 2 nitrogen and oxygen atoms in total. The highest BCUT2D eigenvalue weighted by molar-refractivity contribution is 5.27. The third kappa shape index (κ3) is 5.96. The lowest BCUT2D eigenvalue weighted by Crippen LogP contribution is -2.29. The summed E-state index contributed by atoms with van der Waals surface area (Å²) in [6, 6.07) is 8.43. The lowest BCUT2D eigenvalue weighted by atomic mass is 9.85. The van der Waals surface area contributed by atoms with Crippen LogP contribution >= 0.6 is 0 Å². The van der Waals surface area contributed by atoms with E-state index in [1.165, 1.54) is 5.56 Å². The molecule has 0 bridgehead atoms. The molecule has 0 fully saturated rings. The summed E-state index contributed by atoms with van der Waals surface area (Å²) in [6.07, 6.45) is 1.05. The molecule has 1 rings (SSSR count). The molecular formula is C18H31NO. The minimum atomic E-state index is 0.729. The average molecular weight is 277 g/mol. The zero-order chi connectivity index (χ0) is 15.0. The van der Waals surface area contributed by atoms with Gasteiger partial charge in [-0.25, -0.2) is 0 Å². The Morgan fingerprint density at radius 3 is 2.10 bits per heavy atom. The molecule has 114 valence electrons. The highest BCUT2D eigenvalue weighted by Gasteiger charge is 2.16. The van der Waals surface area contributed by atoms with Gasteiger partial charge in [-0.1, -0.05) is 46.8 Å². The number of hydrogen-bond acceptors (Lipinski definition) is 2. The lowest BCUT2D eigenvalue weighted by molar-refractivity contribution is 0.275. The molecule has 0 aliphatic rings. The van der Waals surface area contributed by atoms with Crippen LogP contribution in [-0.2, 0) is 6.54 Å². The van der Waals surface area contributed by atoms with E-state index in [4.69, 9.17) is 4.74 Å². The van der Waals surface area contributed by atoms with Gasteiger partial charge in [0.05, 0.1) is 6.61 Å². The van der Waals surface area contributed by atoms with Gasteiger partial charge in [-0.05, 0) is 48.4 Å². The molecule has 1 aromatic carbocycles. The van der Waals surface area contributed by atoms with Crippen LogP contribution in [0.5, 0.6) is 5.75 Å². The molecular weight excluding hydrogens is 246 g/mol. The smallest absolute Gasteiger partial charge is 0.119 e.